The third-order valence-electron chi connectivity index (χ3n) is 5.30. The van der Waals surface area contributed by atoms with E-state index in [1.165, 1.54) is 29.5 Å². The van der Waals surface area contributed by atoms with E-state index >= 15 is 0 Å². The topological polar surface area (TPSA) is 27.8 Å². The van der Waals surface area contributed by atoms with Crippen molar-refractivity contribution < 1.29 is 4.39 Å². The van der Waals surface area contributed by atoms with Crippen LogP contribution in [0.25, 0.3) is 16.5 Å². The largest absolute Gasteiger partial charge is 0.354 e. The number of benzene rings is 1. The fourth-order valence-corrected chi connectivity index (χ4v) is 4.17. The van der Waals surface area contributed by atoms with Crippen LogP contribution in [-0.2, 0) is 0 Å². The Bertz CT molecular complexity index is 894. The number of H-pyrrole nitrogens is 1. The van der Waals surface area contributed by atoms with E-state index in [0.29, 0.717) is 16.5 Å². The molecule has 3 rings (SSSR count). The molecule has 27 heavy (non-hydrogen) atoms. The zero-order valence-corrected chi connectivity index (χ0v) is 17.1. The van der Waals surface area contributed by atoms with Gasteiger partial charge < -0.3 is 10.3 Å². The van der Waals surface area contributed by atoms with Crippen LogP contribution in [0.5, 0.6) is 0 Å². The van der Waals surface area contributed by atoms with Gasteiger partial charge in [-0.1, -0.05) is 44.2 Å². The number of aromatic nitrogens is 1. The predicted molar refractivity (Wildman–Crippen MR) is 115 cm³/mol. The molecule has 1 saturated heterocycles. The maximum atomic E-state index is 13.7. The average molecular weight is 387 g/mol. The zero-order chi connectivity index (χ0) is 19.6. The van der Waals surface area contributed by atoms with E-state index < -0.39 is 0 Å². The van der Waals surface area contributed by atoms with Crippen molar-refractivity contribution in [3.63, 3.8) is 0 Å². The van der Waals surface area contributed by atoms with Crippen molar-refractivity contribution in [3.8, 4) is 0 Å². The molecule has 2 aromatic rings. The molecule has 1 aromatic heterocycles. The summed E-state index contributed by atoms with van der Waals surface area (Å²) in [5.74, 6) is 0.581. The first-order valence-corrected chi connectivity index (χ1v) is 10.0. The Morgan fingerprint density at radius 2 is 2.00 bits per heavy atom. The highest BCUT2D eigenvalue weighted by atomic mass is 35.5. The van der Waals surface area contributed by atoms with E-state index in [1.807, 2.05) is 0 Å². The normalized spacial score (nSPS) is 17.5. The summed E-state index contributed by atoms with van der Waals surface area (Å²) < 4.78 is 13.7. The SMILES string of the molecule is C=C/C(Cl)=C(\C=C(/C)F)c1[nH]c2ccc(C3CCNCC3)cc2c1C(C)C. The molecule has 2 N–H and O–H groups in total. The van der Waals surface area contributed by atoms with Crippen LogP contribution in [0.1, 0.15) is 62.3 Å². The van der Waals surface area contributed by atoms with Crippen LogP contribution in [0.2, 0.25) is 0 Å². The van der Waals surface area contributed by atoms with Gasteiger partial charge in [0, 0.05) is 21.5 Å². The van der Waals surface area contributed by atoms with Crippen molar-refractivity contribution in [2.24, 2.45) is 0 Å². The molecule has 4 heteroatoms. The molecule has 0 saturated carbocycles. The number of piperidine rings is 1. The number of aromatic amines is 1. The van der Waals surface area contributed by atoms with Crippen LogP contribution in [0.3, 0.4) is 0 Å². The lowest BCUT2D eigenvalue weighted by Gasteiger charge is -2.23. The van der Waals surface area contributed by atoms with E-state index in [-0.39, 0.29) is 11.7 Å². The molecule has 0 aliphatic carbocycles. The Kier molecular flexibility index (Phi) is 6.23. The summed E-state index contributed by atoms with van der Waals surface area (Å²) in [7, 11) is 0. The molecule has 0 bridgehead atoms. The van der Waals surface area contributed by atoms with Crippen molar-refractivity contribution in [1.82, 2.24) is 10.3 Å². The fourth-order valence-electron chi connectivity index (χ4n) is 4.02. The second kappa shape index (κ2) is 8.45. The summed E-state index contributed by atoms with van der Waals surface area (Å²) in [4.78, 5) is 3.48. The van der Waals surface area contributed by atoms with Crippen LogP contribution in [-0.4, -0.2) is 18.1 Å². The predicted octanol–water partition coefficient (Wildman–Crippen LogP) is 6.77. The maximum Gasteiger partial charge on any atom is 0.0975 e. The Labute approximate surface area is 166 Å². The number of allylic oxidation sites excluding steroid dienone is 5. The van der Waals surface area contributed by atoms with Gasteiger partial charge in [-0.05, 0) is 74.0 Å². The molecule has 1 aliphatic rings. The van der Waals surface area contributed by atoms with Gasteiger partial charge in [-0.15, -0.1) is 0 Å². The molecule has 0 atom stereocenters. The molecule has 0 unspecified atom stereocenters. The maximum absolute atomic E-state index is 13.7. The van der Waals surface area contributed by atoms with Gasteiger partial charge in [0.05, 0.1) is 11.5 Å². The van der Waals surface area contributed by atoms with E-state index in [9.17, 15) is 4.39 Å². The van der Waals surface area contributed by atoms with Crippen molar-refractivity contribution >= 4 is 28.1 Å². The van der Waals surface area contributed by atoms with Gasteiger partial charge in [0.2, 0.25) is 0 Å². The lowest BCUT2D eigenvalue weighted by atomic mass is 9.88. The van der Waals surface area contributed by atoms with E-state index in [4.69, 9.17) is 11.6 Å². The minimum atomic E-state index is -0.284. The van der Waals surface area contributed by atoms with Crippen molar-refractivity contribution in [1.29, 1.82) is 0 Å². The molecular weight excluding hydrogens is 359 g/mol. The molecule has 1 aromatic carbocycles. The number of hydrogen-bond acceptors (Lipinski definition) is 1. The van der Waals surface area contributed by atoms with Crippen molar-refractivity contribution in [3.05, 3.63) is 64.6 Å². The summed E-state index contributed by atoms with van der Waals surface area (Å²) >= 11 is 6.39. The molecule has 0 spiro atoms. The molecular formula is C23H28ClFN2. The van der Waals surface area contributed by atoms with Gasteiger partial charge in [0.1, 0.15) is 0 Å². The fraction of sp³-hybridized carbons (Fsp3) is 0.391. The van der Waals surface area contributed by atoms with Gasteiger partial charge in [-0.3, -0.25) is 0 Å². The molecule has 2 nitrogen and oxygen atoms in total. The highest BCUT2D eigenvalue weighted by molar-refractivity contribution is 6.35. The van der Waals surface area contributed by atoms with Crippen LogP contribution in [0.4, 0.5) is 4.39 Å². The van der Waals surface area contributed by atoms with E-state index in [0.717, 1.165) is 37.1 Å². The monoisotopic (exact) mass is 386 g/mol. The molecule has 144 valence electrons. The summed E-state index contributed by atoms with van der Waals surface area (Å²) in [6, 6.07) is 6.68. The highest BCUT2D eigenvalue weighted by Gasteiger charge is 2.21. The zero-order valence-electron chi connectivity index (χ0n) is 16.3. The molecule has 1 fully saturated rings. The van der Waals surface area contributed by atoms with E-state index in [2.05, 4.69) is 48.9 Å². The van der Waals surface area contributed by atoms with Crippen LogP contribution < -0.4 is 5.32 Å². The smallest absolute Gasteiger partial charge is 0.0975 e. The summed E-state index contributed by atoms with van der Waals surface area (Å²) in [6.45, 7) is 11.7. The first kappa shape index (κ1) is 19.9. The minimum absolute atomic E-state index is 0.273. The number of nitrogens with one attached hydrogen (secondary N) is 2. The average Bonchev–Trinajstić information content (AvgIpc) is 3.04. The molecule has 1 aliphatic heterocycles. The lowest BCUT2D eigenvalue weighted by molar-refractivity contribution is 0.460. The van der Waals surface area contributed by atoms with Crippen LogP contribution in [0.15, 0.2) is 47.8 Å². The number of hydrogen-bond donors (Lipinski definition) is 2. The van der Waals surface area contributed by atoms with Crippen LogP contribution in [0, 0.1) is 0 Å². The van der Waals surface area contributed by atoms with Gasteiger partial charge in [0.25, 0.3) is 0 Å². The quantitative estimate of drug-likeness (QED) is 0.545. The number of rotatable bonds is 5. The Hall–Kier alpha value is -1.84. The third kappa shape index (κ3) is 4.20. The summed E-state index contributed by atoms with van der Waals surface area (Å²) in [6.07, 6.45) is 5.37. The molecule has 0 amide bonds. The number of fused-ring (bicyclic) bond motifs is 1. The third-order valence-corrected chi connectivity index (χ3v) is 5.66. The second-order valence-corrected chi connectivity index (χ2v) is 8.00. The second-order valence-electron chi connectivity index (χ2n) is 7.59. The first-order chi connectivity index (χ1) is 12.9. The number of halogens is 2. The molecule has 2 heterocycles. The minimum Gasteiger partial charge on any atom is -0.354 e. The Balaban J connectivity index is 2.20. The first-order valence-electron chi connectivity index (χ1n) is 9.65. The standard InChI is InChI=1S/C23H28ClFN2/c1-5-20(24)18(12-15(4)25)23-22(14(2)3)19-13-17(6-7-21(19)27-23)16-8-10-26-11-9-16/h5-7,12-14,16,26-27H,1,8-11H2,2-4H3/b15-12+,20-18-. The Morgan fingerprint density at radius 1 is 1.30 bits per heavy atom. The highest BCUT2D eigenvalue weighted by Crippen LogP contribution is 2.38. The van der Waals surface area contributed by atoms with Gasteiger partial charge in [-0.2, -0.15) is 0 Å². The van der Waals surface area contributed by atoms with Gasteiger partial charge in [-0.25, -0.2) is 4.39 Å². The lowest BCUT2D eigenvalue weighted by Crippen LogP contribution is -2.26. The van der Waals surface area contributed by atoms with Crippen molar-refractivity contribution in [2.45, 2.75) is 45.4 Å². The van der Waals surface area contributed by atoms with Crippen molar-refractivity contribution in [2.75, 3.05) is 13.1 Å². The van der Waals surface area contributed by atoms with Gasteiger partial charge >= 0.3 is 0 Å². The van der Waals surface area contributed by atoms with E-state index in [1.54, 1.807) is 6.08 Å². The molecule has 0 radical (unpaired) electrons. The van der Waals surface area contributed by atoms with Gasteiger partial charge in [0.15, 0.2) is 0 Å². The summed E-state index contributed by atoms with van der Waals surface area (Å²) in [5.41, 5.74) is 5.14. The Morgan fingerprint density at radius 3 is 2.59 bits per heavy atom. The van der Waals surface area contributed by atoms with Crippen LogP contribution >= 0.6 is 11.6 Å². The summed E-state index contributed by atoms with van der Waals surface area (Å²) in [5, 5.41) is 5.07.